The van der Waals surface area contributed by atoms with Gasteiger partial charge in [-0.15, -0.1) is 0 Å². The lowest BCUT2D eigenvalue weighted by atomic mass is 10.0. The first-order chi connectivity index (χ1) is 8.77. The Morgan fingerprint density at radius 1 is 1.33 bits per heavy atom. The third-order valence-electron chi connectivity index (χ3n) is 2.30. The molecule has 2 N–H and O–H groups in total. The van der Waals surface area contributed by atoms with Gasteiger partial charge in [0.2, 0.25) is 0 Å². The summed E-state index contributed by atoms with van der Waals surface area (Å²) in [5, 5.41) is 1.41. The van der Waals surface area contributed by atoms with E-state index in [-0.39, 0.29) is 5.56 Å². The summed E-state index contributed by atoms with van der Waals surface area (Å²) >= 11 is 0. The third kappa shape index (κ3) is 1.95. The predicted octanol–water partition coefficient (Wildman–Crippen LogP) is 2.35. The maximum absolute atomic E-state index is 7.95. The lowest BCUT2D eigenvalue weighted by Crippen LogP contribution is -2.03. The van der Waals surface area contributed by atoms with Gasteiger partial charge in [-0.25, -0.2) is 0 Å². The number of ether oxygens (including phenoxy) is 1. The Balaban J connectivity index is 2.73. The lowest BCUT2D eigenvalue weighted by Gasteiger charge is -2.07. The molecule has 78 valence electrons. The summed E-state index contributed by atoms with van der Waals surface area (Å²) < 4.78 is 36.0. The molecule has 0 radical (unpaired) electrons. The molecule has 0 aliphatic carbocycles. The zero-order valence-corrected chi connectivity index (χ0v) is 8.45. The molecular formula is C13H15NO. The number of rotatable bonds is 3. The van der Waals surface area contributed by atoms with Crippen LogP contribution in [0.2, 0.25) is 0 Å². The van der Waals surface area contributed by atoms with Crippen LogP contribution in [-0.2, 0) is 6.37 Å². The predicted molar refractivity (Wildman–Crippen MR) is 63.3 cm³/mol. The minimum Gasteiger partial charge on any atom is -0.497 e. The smallest absolute Gasteiger partial charge is 0.119 e. The molecule has 0 aromatic heterocycles. The van der Waals surface area contributed by atoms with E-state index in [2.05, 4.69) is 0 Å². The van der Waals surface area contributed by atoms with Gasteiger partial charge in [-0.05, 0) is 41.3 Å². The molecular weight excluding hydrogens is 186 g/mol. The van der Waals surface area contributed by atoms with Crippen molar-refractivity contribution in [3.8, 4) is 5.75 Å². The largest absolute Gasteiger partial charge is 0.497 e. The van der Waals surface area contributed by atoms with E-state index in [1.807, 2.05) is 6.07 Å². The Morgan fingerprint density at radius 3 is 2.93 bits per heavy atom. The minimum absolute atomic E-state index is 0.219. The van der Waals surface area contributed by atoms with Crippen LogP contribution >= 0.6 is 0 Å². The molecule has 0 spiro atoms. The SMILES string of the molecule is [2H]C([2H])(N)C([2H])([2H])c1cccc2ccc(OC)cc12. The quantitative estimate of drug-likeness (QED) is 0.834. The van der Waals surface area contributed by atoms with Crippen LogP contribution in [0.1, 0.15) is 11.0 Å². The van der Waals surface area contributed by atoms with Crippen LogP contribution in [0.3, 0.4) is 0 Å². The van der Waals surface area contributed by atoms with Gasteiger partial charge >= 0.3 is 0 Å². The number of hydrogen-bond acceptors (Lipinski definition) is 2. The van der Waals surface area contributed by atoms with Crippen molar-refractivity contribution >= 4 is 10.8 Å². The summed E-state index contributed by atoms with van der Waals surface area (Å²) in [7, 11) is 1.53. The second kappa shape index (κ2) is 4.32. The van der Waals surface area contributed by atoms with Gasteiger partial charge in [0.1, 0.15) is 5.75 Å². The Labute approximate surface area is 95.3 Å². The number of aryl methyl sites for hydroxylation is 1. The summed E-state index contributed by atoms with van der Waals surface area (Å²) in [6.45, 7) is -2.47. The molecule has 0 bridgehead atoms. The summed E-state index contributed by atoms with van der Waals surface area (Å²) in [6.07, 6.45) is -2.29. The maximum atomic E-state index is 7.95. The number of hydrogen-bond donors (Lipinski definition) is 1. The van der Waals surface area contributed by atoms with Gasteiger partial charge in [-0.3, -0.25) is 0 Å². The molecule has 2 nitrogen and oxygen atoms in total. The van der Waals surface area contributed by atoms with E-state index >= 15 is 0 Å². The van der Waals surface area contributed by atoms with Crippen LogP contribution < -0.4 is 10.5 Å². The van der Waals surface area contributed by atoms with Crippen molar-refractivity contribution in [2.24, 2.45) is 5.73 Å². The highest BCUT2D eigenvalue weighted by molar-refractivity contribution is 5.87. The molecule has 2 aromatic rings. The van der Waals surface area contributed by atoms with Crippen LogP contribution in [0.25, 0.3) is 10.8 Å². The molecule has 2 rings (SSSR count). The van der Waals surface area contributed by atoms with Gasteiger partial charge in [-0.2, -0.15) is 0 Å². The Bertz CT molecular complexity index is 607. The van der Waals surface area contributed by atoms with Crippen molar-refractivity contribution in [1.29, 1.82) is 0 Å². The van der Waals surface area contributed by atoms with E-state index in [9.17, 15) is 0 Å². The van der Waals surface area contributed by atoms with Crippen molar-refractivity contribution in [3.05, 3.63) is 42.0 Å². The van der Waals surface area contributed by atoms with E-state index in [1.165, 1.54) is 7.11 Å². The maximum Gasteiger partial charge on any atom is 0.119 e. The van der Waals surface area contributed by atoms with E-state index in [0.717, 1.165) is 5.39 Å². The van der Waals surface area contributed by atoms with Crippen molar-refractivity contribution in [2.75, 3.05) is 13.6 Å². The van der Waals surface area contributed by atoms with Gasteiger partial charge in [0.05, 0.1) is 7.11 Å². The first-order valence-electron chi connectivity index (χ1n) is 6.63. The second-order valence-corrected chi connectivity index (χ2v) is 3.16. The van der Waals surface area contributed by atoms with Crippen LogP contribution in [0.15, 0.2) is 36.4 Å². The molecule has 2 heteroatoms. The fourth-order valence-corrected chi connectivity index (χ4v) is 1.57. The van der Waals surface area contributed by atoms with Gasteiger partial charge in [0.25, 0.3) is 0 Å². The summed E-state index contributed by atoms with van der Waals surface area (Å²) in [6, 6.07) is 10.3. The molecule has 0 unspecified atom stereocenters. The molecule has 15 heavy (non-hydrogen) atoms. The molecule has 0 saturated heterocycles. The first-order valence-corrected chi connectivity index (χ1v) is 4.63. The topological polar surface area (TPSA) is 35.2 Å². The highest BCUT2D eigenvalue weighted by atomic mass is 16.5. The first kappa shape index (κ1) is 6.13. The number of fused-ring (bicyclic) bond motifs is 1. The normalized spacial score (nSPS) is 16.4. The molecule has 0 amide bonds. The molecule has 0 heterocycles. The standard InChI is InChI=1S/C13H15NO/c1-15-12-6-5-10-3-2-4-11(7-8-14)13(10)9-12/h2-6,9H,7-8,14H2,1H3/i7D2,8D2. The monoisotopic (exact) mass is 205 g/mol. The van der Waals surface area contributed by atoms with Crippen molar-refractivity contribution in [1.82, 2.24) is 0 Å². The zero-order chi connectivity index (χ0) is 14.3. The molecule has 0 fully saturated rings. The van der Waals surface area contributed by atoms with E-state index in [4.69, 9.17) is 16.0 Å². The lowest BCUT2D eigenvalue weighted by molar-refractivity contribution is 0.415. The molecule has 0 atom stereocenters. The van der Waals surface area contributed by atoms with E-state index < -0.39 is 12.9 Å². The Morgan fingerprint density at radius 2 is 2.20 bits per heavy atom. The van der Waals surface area contributed by atoms with Gasteiger partial charge in [0.15, 0.2) is 0 Å². The highest BCUT2D eigenvalue weighted by Gasteiger charge is 2.01. The molecule has 0 aliphatic rings. The zero-order valence-electron chi connectivity index (χ0n) is 12.4. The molecule has 0 aliphatic heterocycles. The summed E-state index contributed by atoms with van der Waals surface area (Å²) in [5.41, 5.74) is 5.55. The molecule has 2 aromatic carbocycles. The summed E-state index contributed by atoms with van der Waals surface area (Å²) in [4.78, 5) is 0. The van der Waals surface area contributed by atoms with Crippen molar-refractivity contribution in [3.63, 3.8) is 0 Å². The van der Waals surface area contributed by atoms with Gasteiger partial charge in [0, 0.05) is 5.48 Å². The average Bonchev–Trinajstić information content (AvgIpc) is 2.35. The minimum atomic E-state index is -2.47. The summed E-state index contributed by atoms with van der Waals surface area (Å²) in [5.74, 6) is 0.591. The van der Waals surface area contributed by atoms with Crippen molar-refractivity contribution < 1.29 is 10.2 Å². The second-order valence-electron chi connectivity index (χ2n) is 3.16. The van der Waals surface area contributed by atoms with Crippen LogP contribution in [0.4, 0.5) is 0 Å². The van der Waals surface area contributed by atoms with Crippen LogP contribution in [0, 0.1) is 0 Å². The number of nitrogens with two attached hydrogens (primary N) is 1. The average molecular weight is 205 g/mol. The molecule has 0 saturated carbocycles. The fraction of sp³-hybridized carbons (Fsp3) is 0.231. The van der Waals surface area contributed by atoms with E-state index in [1.54, 1.807) is 30.3 Å². The third-order valence-corrected chi connectivity index (χ3v) is 2.30. The highest BCUT2D eigenvalue weighted by Crippen LogP contribution is 2.24. The van der Waals surface area contributed by atoms with Crippen molar-refractivity contribution in [2.45, 2.75) is 6.37 Å². The van der Waals surface area contributed by atoms with Gasteiger partial charge in [-0.1, -0.05) is 24.3 Å². The Kier molecular flexibility index (Phi) is 1.77. The number of benzene rings is 2. The van der Waals surface area contributed by atoms with Gasteiger partial charge < -0.3 is 10.5 Å². The Hall–Kier alpha value is -1.54. The van der Waals surface area contributed by atoms with Crippen LogP contribution in [-0.4, -0.2) is 13.6 Å². The fourth-order valence-electron chi connectivity index (χ4n) is 1.57. The van der Waals surface area contributed by atoms with E-state index in [0.29, 0.717) is 11.1 Å². The number of methoxy groups -OCH3 is 1. The van der Waals surface area contributed by atoms with Crippen LogP contribution in [0.5, 0.6) is 5.75 Å².